The standard InChI is InChI=1S/C10H13Cl3O3Si2/c1-17(2)15-6-8-5-9(3-4-10(8)16-17)14-7-18(11,12)13/h3-5H,6-7H2,1-2H3. The summed E-state index contributed by atoms with van der Waals surface area (Å²) in [6.45, 7) is 4.56. The van der Waals surface area contributed by atoms with Crippen LogP contribution in [0.4, 0.5) is 0 Å². The van der Waals surface area contributed by atoms with Gasteiger partial charge in [-0.05, 0) is 31.3 Å². The minimum Gasteiger partial charge on any atom is -0.520 e. The van der Waals surface area contributed by atoms with Gasteiger partial charge in [-0.1, -0.05) is 0 Å². The van der Waals surface area contributed by atoms with E-state index in [1.54, 1.807) is 0 Å². The van der Waals surface area contributed by atoms with Crippen LogP contribution in [0.25, 0.3) is 0 Å². The highest BCUT2D eigenvalue weighted by molar-refractivity contribution is 7.64. The van der Waals surface area contributed by atoms with Crippen molar-refractivity contribution in [2.45, 2.75) is 19.7 Å². The van der Waals surface area contributed by atoms with Crippen LogP contribution in [0.1, 0.15) is 5.56 Å². The topological polar surface area (TPSA) is 27.7 Å². The van der Waals surface area contributed by atoms with Crippen molar-refractivity contribution < 1.29 is 13.6 Å². The summed E-state index contributed by atoms with van der Waals surface area (Å²) in [6, 6.07) is 2.80. The molecule has 1 aromatic rings. The van der Waals surface area contributed by atoms with E-state index in [4.69, 9.17) is 46.8 Å². The number of ether oxygens (including phenoxy) is 1. The molecule has 1 aliphatic heterocycles. The second-order valence-electron chi connectivity index (χ2n) is 4.46. The largest absolute Gasteiger partial charge is 0.520 e. The summed E-state index contributed by atoms with van der Waals surface area (Å²) in [6.07, 6.45) is 0.137. The third kappa shape index (κ3) is 4.04. The molecule has 100 valence electrons. The molecule has 2 rings (SSSR count). The third-order valence-corrected chi connectivity index (χ3v) is 5.37. The van der Waals surface area contributed by atoms with Crippen molar-refractivity contribution in [1.82, 2.24) is 0 Å². The number of benzene rings is 1. The van der Waals surface area contributed by atoms with Crippen molar-refractivity contribution in [3.05, 3.63) is 23.8 Å². The summed E-state index contributed by atoms with van der Waals surface area (Å²) >= 11 is 17.3. The van der Waals surface area contributed by atoms with E-state index < -0.39 is 14.6 Å². The molecule has 18 heavy (non-hydrogen) atoms. The van der Waals surface area contributed by atoms with Gasteiger partial charge in [-0.2, -0.15) is 0 Å². The Labute approximate surface area is 122 Å². The van der Waals surface area contributed by atoms with Crippen molar-refractivity contribution in [2.75, 3.05) is 6.23 Å². The smallest absolute Gasteiger partial charge is 0.392 e. The Balaban J connectivity index is 2.09. The number of halogens is 3. The Morgan fingerprint density at radius 3 is 2.72 bits per heavy atom. The molecule has 8 heteroatoms. The second-order valence-corrected chi connectivity index (χ2v) is 16.8. The van der Waals surface area contributed by atoms with E-state index in [1.807, 2.05) is 31.3 Å². The summed E-state index contributed by atoms with van der Waals surface area (Å²) in [5, 5.41) is 0. The molecular weight excluding hydrogens is 331 g/mol. The van der Waals surface area contributed by atoms with Gasteiger partial charge in [0.05, 0.1) is 6.61 Å². The van der Waals surface area contributed by atoms with Gasteiger partial charge in [-0.15, -0.1) is 33.2 Å². The van der Waals surface area contributed by atoms with Crippen molar-refractivity contribution in [2.24, 2.45) is 0 Å². The molecule has 0 saturated carbocycles. The molecule has 0 N–H and O–H groups in total. The van der Waals surface area contributed by atoms with Gasteiger partial charge in [0.25, 0.3) is 0 Å². The van der Waals surface area contributed by atoms with E-state index in [9.17, 15) is 0 Å². The summed E-state index contributed by atoms with van der Waals surface area (Å²) in [5.41, 5.74) is 0.963. The van der Waals surface area contributed by atoms with E-state index in [-0.39, 0.29) is 6.23 Å². The van der Waals surface area contributed by atoms with Crippen molar-refractivity contribution in [3.63, 3.8) is 0 Å². The van der Waals surface area contributed by atoms with Crippen molar-refractivity contribution in [3.8, 4) is 11.5 Å². The lowest BCUT2D eigenvalue weighted by Gasteiger charge is -2.30. The van der Waals surface area contributed by atoms with Crippen LogP contribution in [-0.4, -0.2) is 20.8 Å². The highest BCUT2D eigenvalue weighted by Gasteiger charge is 2.32. The molecule has 0 atom stereocenters. The highest BCUT2D eigenvalue weighted by Crippen LogP contribution is 2.32. The van der Waals surface area contributed by atoms with Gasteiger partial charge in [-0.25, -0.2) is 0 Å². The minimum atomic E-state index is -2.76. The summed E-state index contributed by atoms with van der Waals surface area (Å²) in [5.74, 6) is 1.53. The predicted octanol–water partition coefficient (Wildman–Crippen LogP) is 3.87. The van der Waals surface area contributed by atoms with E-state index in [2.05, 4.69) is 0 Å². The van der Waals surface area contributed by atoms with Crippen LogP contribution in [-0.2, 0) is 11.0 Å². The minimum absolute atomic E-state index is 0.137. The summed E-state index contributed by atoms with van der Waals surface area (Å²) in [4.78, 5) is 0. The molecule has 0 fully saturated rings. The molecule has 0 aromatic heterocycles. The molecule has 1 heterocycles. The van der Waals surface area contributed by atoms with E-state index in [1.165, 1.54) is 0 Å². The molecule has 0 radical (unpaired) electrons. The van der Waals surface area contributed by atoms with Crippen LogP contribution in [0, 0.1) is 0 Å². The molecule has 0 amide bonds. The lowest BCUT2D eigenvalue weighted by Crippen LogP contribution is -2.41. The van der Waals surface area contributed by atoms with Crippen molar-refractivity contribution in [1.29, 1.82) is 0 Å². The zero-order chi connectivity index (χ0) is 13.4. The Morgan fingerprint density at radius 1 is 1.33 bits per heavy atom. The quantitative estimate of drug-likeness (QED) is 0.616. The molecule has 0 aliphatic carbocycles. The first-order valence-corrected chi connectivity index (χ1v) is 13.5. The average Bonchev–Trinajstić information content (AvgIpc) is 2.24. The fourth-order valence-corrected chi connectivity index (χ4v) is 3.68. The van der Waals surface area contributed by atoms with E-state index in [0.29, 0.717) is 12.4 Å². The fourth-order valence-electron chi connectivity index (χ4n) is 1.57. The monoisotopic (exact) mass is 342 g/mol. The van der Waals surface area contributed by atoms with Gasteiger partial charge in [-0.3, -0.25) is 0 Å². The summed E-state index contributed by atoms with van der Waals surface area (Å²) in [7, 11) is -2.00. The Kier molecular flexibility index (Phi) is 4.21. The SMILES string of the molecule is C[Si]1(C)OCc2cc(OC[Si](Cl)(Cl)Cl)ccc2O1. The molecule has 0 saturated heterocycles. The van der Waals surface area contributed by atoms with Crippen LogP contribution >= 0.6 is 33.2 Å². The fraction of sp³-hybridized carbons (Fsp3) is 0.400. The molecule has 1 aliphatic rings. The van der Waals surface area contributed by atoms with Gasteiger partial charge in [0.15, 0.2) is 0 Å². The number of fused-ring (bicyclic) bond motifs is 1. The molecular formula is C10H13Cl3O3Si2. The molecule has 1 aromatic carbocycles. The number of rotatable bonds is 3. The van der Waals surface area contributed by atoms with Crippen LogP contribution < -0.4 is 9.16 Å². The zero-order valence-corrected chi connectivity index (χ0v) is 14.3. The first-order valence-electron chi connectivity index (χ1n) is 5.41. The van der Waals surface area contributed by atoms with Gasteiger partial charge in [0.1, 0.15) is 17.7 Å². The Morgan fingerprint density at radius 2 is 2.06 bits per heavy atom. The Hall–Kier alpha value is 0.0838. The number of hydrogen-bond donors (Lipinski definition) is 0. The lowest BCUT2D eigenvalue weighted by molar-refractivity contribution is 0.210. The molecule has 0 spiro atoms. The first kappa shape index (κ1) is 14.5. The van der Waals surface area contributed by atoms with Gasteiger partial charge in [0, 0.05) is 5.56 Å². The van der Waals surface area contributed by atoms with E-state index in [0.717, 1.165) is 11.3 Å². The maximum atomic E-state index is 5.81. The average molecular weight is 344 g/mol. The van der Waals surface area contributed by atoms with Crippen LogP contribution in [0.15, 0.2) is 18.2 Å². The van der Waals surface area contributed by atoms with Crippen LogP contribution in [0.5, 0.6) is 11.5 Å². The lowest BCUT2D eigenvalue weighted by atomic mass is 10.2. The van der Waals surface area contributed by atoms with Gasteiger partial charge in [0.2, 0.25) is 0 Å². The maximum absolute atomic E-state index is 5.81. The summed E-state index contributed by atoms with van der Waals surface area (Å²) < 4.78 is 16.9. The molecule has 3 nitrogen and oxygen atoms in total. The first-order chi connectivity index (χ1) is 8.25. The third-order valence-electron chi connectivity index (χ3n) is 2.37. The van der Waals surface area contributed by atoms with Crippen LogP contribution in [0.3, 0.4) is 0 Å². The normalized spacial score (nSPS) is 17.8. The van der Waals surface area contributed by atoms with Gasteiger partial charge < -0.3 is 13.6 Å². The second kappa shape index (κ2) is 5.22. The number of hydrogen-bond acceptors (Lipinski definition) is 3. The maximum Gasteiger partial charge on any atom is 0.392 e. The Bertz CT molecular complexity index is 448. The van der Waals surface area contributed by atoms with E-state index >= 15 is 0 Å². The molecule has 0 bridgehead atoms. The highest BCUT2D eigenvalue weighted by atomic mass is 35.8. The molecule has 0 unspecified atom stereocenters. The van der Waals surface area contributed by atoms with Crippen LogP contribution in [0.2, 0.25) is 13.1 Å². The van der Waals surface area contributed by atoms with Crippen molar-refractivity contribution >= 4 is 47.8 Å². The predicted molar refractivity (Wildman–Crippen MR) is 78.1 cm³/mol. The zero-order valence-electron chi connectivity index (χ0n) is 10.0. The van der Waals surface area contributed by atoms with Gasteiger partial charge >= 0.3 is 14.6 Å².